The van der Waals surface area contributed by atoms with Crippen LogP contribution in [0.15, 0.2) is 42.9 Å². The summed E-state index contributed by atoms with van der Waals surface area (Å²) in [5.41, 5.74) is 1.62. The van der Waals surface area contributed by atoms with Crippen LogP contribution in [-0.4, -0.2) is 59.3 Å². The first-order valence-corrected chi connectivity index (χ1v) is 8.31. The van der Waals surface area contributed by atoms with E-state index in [-0.39, 0.29) is 12.0 Å². The molecule has 0 N–H and O–H groups in total. The lowest BCUT2D eigenvalue weighted by Crippen LogP contribution is -2.55. The van der Waals surface area contributed by atoms with Crippen LogP contribution in [0, 0.1) is 0 Å². The second kappa shape index (κ2) is 7.29. The van der Waals surface area contributed by atoms with Crippen molar-refractivity contribution < 1.29 is 14.3 Å². The van der Waals surface area contributed by atoms with E-state index in [0.717, 1.165) is 5.56 Å². The SMILES string of the molecule is COC[C@H]1CN(C(=O)c2cncnc2-c2ccccc2)CC(C)(C)O1. The topological polar surface area (TPSA) is 64.5 Å². The monoisotopic (exact) mass is 341 g/mol. The van der Waals surface area contributed by atoms with E-state index in [1.165, 1.54) is 6.33 Å². The predicted octanol–water partition coefficient (Wildman–Crippen LogP) is 2.41. The molecule has 0 unspecified atom stereocenters. The number of rotatable bonds is 4. The molecule has 2 heterocycles. The molecule has 1 aliphatic heterocycles. The van der Waals surface area contributed by atoms with Gasteiger partial charge in [-0.25, -0.2) is 9.97 Å². The summed E-state index contributed by atoms with van der Waals surface area (Å²) >= 11 is 0. The molecule has 0 spiro atoms. The van der Waals surface area contributed by atoms with Gasteiger partial charge in [0.1, 0.15) is 6.33 Å². The average molecular weight is 341 g/mol. The number of methoxy groups -OCH3 is 1. The Morgan fingerprint density at radius 1 is 1.36 bits per heavy atom. The van der Waals surface area contributed by atoms with Gasteiger partial charge in [0.15, 0.2) is 0 Å². The molecule has 1 aromatic heterocycles. The van der Waals surface area contributed by atoms with Gasteiger partial charge in [-0.1, -0.05) is 30.3 Å². The van der Waals surface area contributed by atoms with E-state index in [2.05, 4.69) is 9.97 Å². The van der Waals surface area contributed by atoms with Crippen LogP contribution in [0.2, 0.25) is 0 Å². The molecule has 132 valence electrons. The number of amides is 1. The minimum atomic E-state index is -0.431. The largest absolute Gasteiger partial charge is 0.382 e. The number of nitrogens with zero attached hydrogens (tertiary/aromatic N) is 3. The maximum Gasteiger partial charge on any atom is 0.257 e. The molecule has 1 fully saturated rings. The minimum absolute atomic E-state index is 0.0862. The highest BCUT2D eigenvalue weighted by molar-refractivity contribution is 5.99. The van der Waals surface area contributed by atoms with Gasteiger partial charge in [0.25, 0.3) is 5.91 Å². The summed E-state index contributed by atoms with van der Waals surface area (Å²) in [4.78, 5) is 23.4. The van der Waals surface area contributed by atoms with Crippen molar-refractivity contribution in [2.24, 2.45) is 0 Å². The minimum Gasteiger partial charge on any atom is -0.382 e. The van der Waals surface area contributed by atoms with E-state index in [0.29, 0.717) is 31.0 Å². The Labute approximate surface area is 147 Å². The third-order valence-electron chi connectivity index (χ3n) is 4.11. The van der Waals surface area contributed by atoms with Gasteiger partial charge >= 0.3 is 0 Å². The molecule has 1 aromatic carbocycles. The Kier molecular flexibility index (Phi) is 5.11. The molecule has 3 rings (SSSR count). The molecule has 1 saturated heterocycles. The number of hydrogen-bond donors (Lipinski definition) is 0. The van der Waals surface area contributed by atoms with Crippen LogP contribution < -0.4 is 0 Å². The smallest absolute Gasteiger partial charge is 0.257 e. The predicted molar refractivity (Wildman–Crippen MR) is 94.2 cm³/mol. The molecule has 0 radical (unpaired) electrons. The van der Waals surface area contributed by atoms with Crippen LogP contribution in [0.3, 0.4) is 0 Å². The van der Waals surface area contributed by atoms with Crippen molar-refractivity contribution >= 4 is 5.91 Å². The van der Waals surface area contributed by atoms with Gasteiger partial charge < -0.3 is 14.4 Å². The van der Waals surface area contributed by atoms with Crippen LogP contribution in [0.5, 0.6) is 0 Å². The number of aromatic nitrogens is 2. The quantitative estimate of drug-likeness (QED) is 0.854. The first kappa shape index (κ1) is 17.5. The van der Waals surface area contributed by atoms with Crippen molar-refractivity contribution in [3.63, 3.8) is 0 Å². The lowest BCUT2D eigenvalue weighted by atomic mass is 10.0. The summed E-state index contributed by atoms with van der Waals surface area (Å²) in [7, 11) is 1.63. The van der Waals surface area contributed by atoms with Gasteiger partial charge in [0.05, 0.1) is 29.6 Å². The second-order valence-electron chi connectivity index (χ2n) is 6.79. The number of benzene rings is 1. The molecule has 0 aliphatic carbocycles. The third kappa shape index (κ3) is 4.03. The molecule has 1 amide bonds. The summed E-state index contributed by atoms with van der Waals surface area (Å²) in [6.45, 7) is 5.40. The summed E-state index contributed by atoms with van der Waals surface area (Å²) in [6, 6.07) is 9.68. The second-order valence-corrected chi connectivity index (χ2v) is 6.79. The molecule has 25 heavy (non-hydrogen) atoms. The summed E-state index contributed by atoms with van der Waals surface area (Å²) in [6.07, 6.45) is 2.91. The molecule has 1 atom stereocenters. The summed E-state index contributed by atoms with van der Waals surface area (Å²) in [5, 5.41) is 0. The Morgan fingerprint density at radius 2 is 2.12 bits per heavy atom. The zero-order chi connectivity index (χ0) is 17.9. The summed E-state index contributed by atoms with van der Waals surface area (Å²) in [5.74, 6) is -0.0862. The summed E-state index contributed by atoms with van der Waals surface area (Å²) < 4.78 is 11.2. The molecule has 1 aliphatic rings. The average Bonchev–Trinajstić information content (AvgIpc) is 2.61. The number of ether oxygens (including phenoxy) is 2. The van der Waals surface area contributed by atoms with Gasteiger partial charge in [-0.05, 0) is 13.8 Å². The van der Waals surface area contributed by atoms with Crippen molar-refractivity contribution in [3.05, 3.63) is 48.4 Å². The molecule has 0 saturated carbocycles. The Morgan fingerprint density at radius 3 is 2.84 bits per heavy atom. The lowest BCUT2D eigenvalue weighted by Gasteiger charge is -2.42. The van der Waals surface area contributed by atoms with Crippen LogP contribution in [0.1, 0.15) is 24.2 Å². The zero-order valence-corrected chi connectivity index (χ0v) is 14.8. The Balaban J connectivity index is 1.91. The molecule has 2 aromatic rings. The van der Waals surface area contributed by atoms with Crippen LogP contribution in [-0.2, 0) is 9.47 Å². The van der Waals surface area contributed by atoms with Crippen LogP contribution >= 0.6 is 0 Å². The lowest BCUT2D eigenvalue weighted by molar-refractivity contribution is -0.143. The van der Waals surface area contributed by atoms with Crippen molar-refractivity contribution in [2.45, 2.75) is 25.6 Å². The maximum absolute atomic E-state index is 13.2. The highest BCUT2D eigenvalue weighted by Crippen LogP contribution is 2.26. The fourth-order valence-electron chi connectivity index (χ4n) is 3.21. The van der Waals surface area contributed by atoms with Gasteiger partial charge in [0.2, 0.25) is 0 Å². The number of carbonyl (C=O) groups is 1. The first-order chi connectivity index (χ1) is 12.0. The van der Waals surface area contributed by atoms with Crippen molar-refractivity contribution in [1.82, 2.24) is 14.9 Å². The van der Waals surface area contributed by atoms with E-state index in [4.69, 9.17) is 9.47 Å². The molecule has 6 nitrogen and oxygen atoms in total. The van der Waals surface area contributed by atoms with E-state index >= 15 is 0 Å². The van der Waals surface area contributed by atoms with Crippen molar-refractivity contribution in [2.75, 3.05) is 26.8 Å². The third-order valence-corrected chi connectivity index (χ3v) is 4.11. The van der Waals surface area contributed by atoms with E-state index in [1.807, 2.05) is 44.2 Å². The zero-order valence-electron chi connectivity index (χ0n) is 14.8. The van der Waals surface area contributed by atoms with Gasteiger partial charge in [-0.15, -0.1) is 0 Å². The van der Waals surface area contributed by atoms with Gasteiger partial charge in [0, 0.05) is 32.0 Å². The fourth-order valence-corrected chi connectivity index (χ4v) is 3.21. The number of carbonyl (C=O) groups excluding carboxylic acids is 1. The fraction of sp³-hybridized carbons (Fsp3) is 0.421. The first-order valence-electron chi connectivity index (χ1n) is 8.31. The molecule has 0 bridgehead atoms. The van der Waals surface area contributed by atoms with Gasteiger partial charge in [-0.3, -0.25) is 4.79 Å². The van der Waals surface area contributed by atoms with Crippen LogP contribution in [0.25, 0.3) is 11.3 Å². The molecular weight excluding hydrogens is 318 g/mol. The van der Waals surface area contributed by atoms with Gasteiger partial charge in [-0.2, -0.15) is 0 Å². The normalized spacial score (nSPS) is 19.6. The Hall–Kier alpha value is -2.31. The van der Waals surface area contributed by atoms with Crippen molar-refractivity contribution in [3.8, 4) is 11.3 Å². The van der Waals surface area contributed by atoms with E-state index < -0.39 is 5.60 Å². The highest BCUT2D eigenvalue weighted by Gasteiger charge is 2.36. The van der Waals surface area contributed by atoms with Crippen LogP contribution in [0.4, 0.5) is 0 Å². The maximum atomic E-state index is 13.2. The molecule has 6 heteroatoms. The molecular formula is C19H23N3O3. The van der Waals surface area contributed by atoms with E-state index in [1.54, 1.807) is 18.2 Å². The number of hydrogen-bond acceptors (Lipinski definition) is 5. The highest BCUT2D eigenvalue weighted by atomic mass is 16.5. The Bertz CT molecular complexity index is 734. The van der Waals surface area contributed by atoms with Crippen molar-refractivity contribution in [1.29, 1.82) is 0 Å². The van der Waals surface area contributed by atoms with E-state index in [9.17, 15) is 4.79 Å². The standard InChI is InChI=1S/C19H23N3O3/c1-19(2)12-22(10-15(25-19)11-24-3)18(23)16-9-20-13-21-17(16)14-7-5-4-6-8-14/h4-9,13,15H,10-12H2,1-3H3/t15-/m1/s1. The number of morpholine rings is 1.